The summed E-state index contributed by atoms with van der Waals surface area (Å²) in [5, 5.41) is 2.94. The molecule has 0 heterocycles. The van der Waals surface area contributed by atoms with E-state index < -0.39 is 0 Å². The third-order valence-electron chi connectivity index (χ3n) is 4.37. The van der Waals surface area contributed by atoms with Crippen molar-refractivity contribution in [3.8, 4) is 17.2 Å². The molecule has 0 aliphatic rings. The molecule has 1 N–H and O–H groups in total. The Bertz CT molecular complexity index is 874. The topological polar surface area (TPSA) is 47.6 Å². The molecule has 28 heavy (non-hydrogen) atoms. The standard InChI is InChI=1S/C24H25NO3/c1-3-27-21-13-15-23(16-14-21)28-22-11-9-20(10-12-22)25-24(26)17-18(2)19-7-5-4-6-8-19/h4-16,18H,3,17H2,1-2H3,(H,25,26)/t18-/m0/s1. The highest BCUT2D eigenvalue weighted by Crippen LogP contribution is 2.25. The highest BCUT2D eigenvalue weighted by atomic mass is 16.5. The van der Waals surface area contributed by atoms with Gasteiger partial charge in [-0.1, -0.05) is 37.3 Å². The summed E-state index contributed by atoms with van der Waals surface area (Å²) in [6.45, 7) is 4.65. The lowest BCUT2D eigenvalue weighted by molar-refractivity contribution is -0.116. The van der Waals surface area contributed by atoms with Crippen LogP contribution in [0.3, 0.4) is 0 Å². The largest absolute Gasteiger partial charge is 0.494 e. The van der Waals surface area contributed by atoms with Crippen molar-refractivity contribution >= 4 is 11.6 Å². The molecular formula is C24H25NO3. The van der Waals surface area contributed by atoms with Crippen molar-refractivity contribution in [2.75, 3.05) is 11.9 Å². The van der Waals surface area contributed by atoms with Crippen LogP contribution < -0.4 is 14.8 Å². The van der Waals surface area contributed by atoms with Crippen LogP contribution in [0.5, 0.6) is 17.2 Å². The average Bonchev–Trinajstić information content (AvgIpc) is 2.72. The molecule has 0 spiro atoms. The smallest absolute Gasteiger partial charge is 0.224 e. The zero-order valence-corrected chi connectivity index (χ0v) is 16.2. The van der Waals surface area contributed by atoms with Crippen molar-refractivity contribution < 1.29 is 14.3 Å². The van der Waals surface area contributed by atoms with E-state index in [4.69, 9.17) is 9.47 Å². The van der Waals surface area contributed by atoms with Gasteiger partial charge >= 0.3 is 0 Å². The Kier molecular flexibility index (Phi) is 6.68. The van der Waals surface area contributed by atoms with Crippen LogP contribution in [-0.2, 0) is 4.79 Å². The first-order valence-corrected chi connectivity index (χ1v) is 9.49. The summed E-state index contributed by atoms with van der Waals surface area (Å²) in [4.78, 5) is 12.3. The van der Waals surface area contributed by atoms with Crippen LogP contribution in [-0.4, -0.2) is 12.5 Å². The van der Waals surface area contributed by atoms with E-state index in [1.807, 2.05) is 85.8 Å². The summed E-state index contributed by atoms with van der Waals surface area (Å²) >= 11 is 0. The fourth-order valence-electron chi connectivity index (χ4n) is 2.90. The molecule has 0 saturated carbocycles. The first-order valence-electron chi connectivity index (χ1n) is 9.49. The lowest BCUT2D eigenvalue weighted by Crippen LogP contribution is -2.14. The van der Waals surface area contributed by atoms with Gasteiger partial charge in [0, 0.05) is 12.1 Å². The van der Waals surface area contributed by atoms with E-state index in [0.717, 1.165) is 22.7 Å². The van der Waals surface area contributed by atoms with Gasteiger partial charge in [-0.15, -0.1) is 0 Å². The lowest BCUT2D eigenvalue weighted by Gasteiger charge is -2.12. The lowest BCUT2D eigenvalue weighted by atomic mass is 9.97. The van der Waals surface area contributed by atoms with Gasteiger partial charge in [0.25, 0.3) is 0 Å². The molecule has 0 fully saturated rings. The number of amides is 1. The predicted molar refractivity (Wildman–Crippen MR) is 112 cm³/mol. The van der Waals surface area contributed by atoms with Crippen LogP contribution in [0, 0.1) is 0 Å². The average molecular weight is 375 g/mol. The van der Waals surface area contributed by atoms with Crippen molar-refractivity contribution in [2.24, 2.45) is 0 Å². The number of rotatable bonds is 8. The first kappa shape index (κ1) is 19.5. The number of carbonyl (C=O) groups excluding carboxylic acids is 1. The second-order valence-corrected chi connectivity index (χ2v) is 6.59. The fourth-order valence-corrected chi connectivity index (χ4v) is 2.90. The van der Waals surface area contributed by atoms with Gasteiger partial charge in [0.05, 0.1) is 6.61 Å². The van der Waals surface area contributed by atoms with E-state index in [-0.39, 0.29) is 11.8 Å². The minimum Gasteiger partial charge on any atom is -0.494 e. The molecule has 0 aromatic heterocycles. The minimum absolute atomic E-state index is 0.00321. The number of hydrogen-bond acceptors (Lipinski definition) is 3. The molecule has 0 saturated heterocycles. The Hall–Kier alpha value is -3.27. The zero-order chi connectivity index (χ0) is 19.8. The molecule has 0 aliphatic heterocycles. The van der Waals surface area contributed by atoms with Crippen molar-refractivity contribution in [1.29, 1.82) is 0 Å². The summed E-state index contributed by atoms with van der Waals surface area (Å²) in [7, 11) is 0. The van der Waals surface area contributed by atoms with Crippen LogP contribution in [0.15, 0.2) is 78.9 Å². The summed E-state index contributed by atoms with van der Waals surface area (Å²) < 4.78 is 11.2. The molecule has 0 bridgehead atoms. The van der Waals surface area contributed by atoms with Gasteiger partial charge in [-0.25, -0.2) is 0 Å². The van der Waals surface area contributed by atoms with Crippen LogP contribution in [0.1, 0.15) is 31.7 Å². The number of nitrogens with one attached hydrogen (secondary N) is 1. The SMILES string of the molecule is CCOc1ccc(Oc2ccc(NC(=O)C[C@H](C)c3ccccc3)cc2)cc1. The minimum atomic E-state index is -0.00321. The van der Waals surface area contributed by atoms with Gasteiger partial charge in [0.2, 0.25) is 5.91 Å². The second kappa shape index (κ2) is 9.60. The van der Waals surface area contributed by atoms with Gasteiger partial charge in [-0.3, -0.25) is 4.79 Å². The van der Waals surface area contributed by atoms with E-state index in [2.05, 4.69) is 12.2 Å². The second-order valence-electron chi connectivity index (χ2n) is 6.59. The third-order valence-corrected chi connectivity index (χ3v) is 4.37. The van der Waals surface area contributed by atoms with Crippen LogP contribution >= 0.6 is 0 Å². The monoisotopic (exact) mass is 375 g/mol. The van der Waals surface area contributed by atoms with Gasteiger partial charge < -0.3 is 14.8 Å². The molecule has 3 aromatic carbocycles. The summed E-state index contributed by atoms with van der Waals surface area (Å²) in [6, 6.07) is 24.9. The molecule has 3 rings (SSSR count). The van der Waals surface area contributed by atoms with Crippen LogP contribution in [0.4, 0.5) is 5.69 Å². The Morgan fingerprint density at radius 3 is 2.04 bits per heavy atom. The van der Waals surface area contributed by atoms with E-state index in [0.29, 0.717) is 18.8 Å². The molecule has 3 aromatic rings. The van der Waals surface area contributed by atoms with E-state index in [1.165, 1.54) is 0 Å². The number of ether oxygens (including phenoxy) is 2. The van der Waals surface area contributed by atoms with Gasteiger partial charge in [0.1, 0.15) is 17.2 Å². The van der Waals surface area contributed by atoms with Crippen molar-refractivity contribution in [3.05, 3.63) is 84.4 Å². The molecular weight excluding hydrogens is 350 g/mol. The third kappa shape index (κ3) is 5.61. The molecule has 1 amide bonds. The number of hydrogen-bond donors (Lipinski definition) is 1. The molecule has 0 unspecified atom stereocenters. The summed E-state index contributed by atoms with van der Waals surface area (Å²) in [6.07, 6.45) is 0.439. The molecule has 1 atom stereocenters. The molecule has 4 nitrogen and oxygen atoms in total. The number of carbonyl (C=O) groups is 1. The van der Waals surface area contributed by atoms with E-state index in [1.54, 1.807) is 0 Å². The molecule has 4 heteroatoms. The van der Waals surface area contributed by atoms with Gasteiger partial charge in [0.15, 0.2) is 0 Å². The van der Waals surface area contributed by atoms with E-state index in [9.17, 15) is 4.79 Å². The van der Waals surface area contributed by atoms with Crippen molar-refractivity contribution in [3.63, 3.8) is 0 Å². The number of benzene rings is 3. The zero-order valence-electron chi connectivity index (χ0n) is 16.2. The maximum atomic E-state index is 12.3. The Labute approximate surface area is 166 Å². The van der Waals surface area contributed by atoms with Gasteiger partial charge in [-0.05, 0) is 66.9 Å². The highest BCUT2D eigenvalue weighted by Gasteiger charge is 2.11. The van der Waals surface area contributed by atoms with Crippen LogP contribution in [0.25, 0.3) is 0 Å². The fraction of sp³-hybridized carbons (Fsp3) is 0.208. The highest BCUT2D eigenvalue weighted by molar-refractivity contribution is 5.91. The molecule has 0 aliphatic carbocycles. The molecule has 0 radical (unpaired) electrons. The quantitative estimate of drug-likeness (QED) is 0.524. The summed E-state index contributed by atoms with van der Waals surface area (Å²) in [5.74, 6) is 2.43. The number of anilines is 1. The summed E-state index contributed by atoms with van der Waals surface area (Å²) in [5.41, 5.74) is 1.92. The Balaban J connectivity index is 1.53. The maximum Gasteiger partial charge on any atom is 0.224 e. The predicted octanol–water partition coefficient (Wildman–Crippen LogP) is 6.01. The van der Waals surface area contributed by atoms with E-state index >= 15 is 0 Å². The van der Waals surface area contributed by atoms with Crippen molar-refractivity contribution in [1.82, 2.24) is 0 Å². The normalized spacial score (nSPS) is 11.5. The van der Waals surface area contributed by atoms with Gasteiger partial charge in [-0.2, -0.15) is 0 Å². The maximum absolute atomic E-state index is 12.3. The Morgan fingerprint density at radius 2 is 1.43 bits per heavy atom. The van der Waals surface area contributed by atoms with Crippen molar-refractivity contribution in [2.45, 2.75) is 26.2 Å². The first-order chi connectivity index (χ1) is 13.6. The molecule has 144 valence electrons. The van der Waals surface area contributed by atoms with Crippen LogP contribution in [0.2, 0.25) is 0 Å². The Morgan fingerprint density at radius 1 is 0.857 bits per heavy atom.